The van der Waals surface area contributed by atoms with Crippen LogP contribution in [0.25, 0.3) is 0 Å². The van der Waals surface area contributed by atoms with E-state index >= 15 is 0 Å². The summed E-state index contributed by atoms with van der Waals surface area (Å²) in [6, 6.07) is 4.31. The standard InChI is InChI=1S/C19H22BrNO3/c1-11(22)24-17-6-5-15(20)13-9-16-14-4-3-12(23)10-19(14,18(13)17)7-8-21(16)2/h5-6,14,16H,3-4,7-10H2,1-2H3/t14-,16+,19-/m0/s1. The molecule has 0 radical (unpaired) electrons. The molecule has 128 valence electrons. The molecular formula is C19H22BrNO3. The number of benzene rings is 1. The second kappa shape index (κ2) is 5.67. The highest BCUT2D eigenvalue weighted by Gasteiger charge is 2.56. The Bertz CT molecular complexity index is 732. The Morgan fingerprint density at radius 2 is 2.21 bits per heavy atom. The minimum Gasteiger partial charge on any atom is -0.426 e. The fraction of sp³-hybridized carbons (Fsp3) is 0.579. The number of likely N-dealkylation sites (tertiary alicyclic amines) is 1. The summed E-state index contributed by atoms with van der Waals surface area (Å²) < 4.78 is 6.64. The largest absolute Gasteiger partial charge is 0.426 e. The highest BCUT2D eigenvalue weighted by molar-refractivity contribution is 9.10. The second-order valence-electron chi connectivity index (χ2n) is 7.51. The second-order valence-corrected chi connectivity index (χ2v) is 8.37. The number of ether oxygens (including phenoxy) is 1. The third-order valence-electron chi connectivity index (χ3n) is 6.28. The lowest BCUT2D eigenvalue weighted by Crippen LogP contribution is -2.61. The van der Waals surface area contributed by atoms with Gasteiger partial charge in [0.1, 0.15) is 11.5 Å². The average molecular weight is 392 g/mol. The Morgan fingerprint density at radius 3 is 2.96 bits per heavy atom. The van der Waals surface area contributed by atoms with Crippen molar-refractivity contribution >= 4 is 27.7 Å². The molecule has 0 amide bonds. The number of halogens is 1. The number of hydrogen-bond acceptors (Lipinski definition) is 4. The van der Waals surface area contributed by atoms with E-state index in [2.05, 4.69) is 27.9 Å². The summed E-state index contributed by atoms with van der Waals surface area (Å²) in [5, 5.41) is 0. The molecular weight excluding hydrogens is 370 g/mol. The molecule has 3 atom stereocenters. The third kappa shape index (κ3) is 2.28. The molecule has 1 saturated carbocycles. The molecule has 2 bridgehead atoms. The van der Waals surface area contributed by atoms with Gasteiger partial charge in [-0.05, 0) is 56.5 Å². The number of nitrogens with zero attached hydrogens (tertiary/aromatic N) is 1. The van der Waals surface area contributed by atoms with Crippen LogP contribution in [0.5, 0.6) is 5.75 Å². The molecule has 24 heavy (non-hydrogen) atoms. The summed E-state index contributed by atoms with van der Waals surface area (Å²) in [5.41, 5.74) is 2.17. The van der Waals surface area contributed by atoms with Crippen LogP contribution < -0.4 is 4.74 Å². The highest BCUT2D eigenvalue weighted by Crippen LogP contribution is 2.58. The van der Waals surface area contributed by atoms with Gasteiger partial charge in [0.05, 0.1) is 0 Å². The number of carbonyl (C=O) groups excluding carboxylic acids is 2. The van der Waals surface area contributed by atoms with E-state index in [1.54, 1.807) is 0 Å². The molecule has 2 aliphatic carbocycles. The van der Waals surface area contributed by atoms with Gasteiger partial charge < -0.3 is 9.64 Å². The van der Waals surface area contributed by atoms with Crippen LogP contribution in [-0.2, 0) is 21.4 Å². The average Bonchev–Trinajstić information content (AvgIpc) is 2.52. The van der Waals surface area contributed by atoms with Gasteiger partial charge in [0, 0.05) is 41.3 Å². The van der Waals surface area contributed by atoms with Crippen molar-refractivity contribution in [3.63, 3.8) is 0 Å². The van der Waals surface area contributed by atoms with E-state index in [-0.39, 0.29) is 11.4 Å². The third-order valence-corrected chi connectivity index (χ3v) is 7.02. The normalized spacial score (nSPS) is 32.0. The van der Waals surface area contributed by atoms with Gasteiger partial charge in [-0.3, -0.25) is 9.59 Å². The molecule has 0 unspecified atom stereocenters. The molecule has 0 aromatic heterocycles. The van der Waals surface area contributed by atoms with Crippen LogP contribution in [0.3, 0.4) is 0 Å². The van der Waals surface area contributed by atoms with Crippen LogP contribution in [-0.4, -0.2) is 36.3 Å². The Kier molecular flexibility index (Phi) is 3.84. The Hall–Kier alpha value is -1.20. The molecule has 4 nitrogen and oxygen atoms in total. The molecule has 1 aromatic rings. The van der Waals surface area contributed by atoms with Crippen molar-refractivity contribution in [2.45, 2.75) is 50.5 Å². The van der Waals surface area contributed by atoms with Gasteiger partial charge in [0.25, 0.3) is 0 Å². The zero-order chi connectivity index (χ0) is 17.1. The van der Waals surface area contributed by atoms with Crippen LogP contribution in [0, 0.1) is 5.92 Å². The fourth-order valence-corrected chi connectivity index (χ4v) is 5.83. The smallest absolute Gasteiger partial charge is 0.308 e. The number of hydrogen-bond donors (Lipinski definition) is 0. The van der Waals surface area contributed by atoms with Crippen molar-refractivity contribution in [1.82, 2.24) is 4.90 Å². The van der Waals surface area contributed by atoms with Crippen molar-refractivity contribution in [1.29, 1.82) is 0 Å². The number of ketones is 1. The molecule has 1 aromatic carbocycles. The minimum atomic E-state index is -0.301. The number of rotatable bonds is 1. The zero-order valence-corrected chi connectivity index (χ0v) is 15.7. The molecule has 0 spiro atoms. The number of fused-ring (bicyclic) bond motifs is 1. The van der Waals surface area contributed by atoms with Crippen LogP contribution in [0.4, 0.5) is 0 Å². The predicted octanol–water partition coefficient (Wildman–Crippen LogP) is 3.24. The molecule has 3 aliphatic rings. The first-order chi connectivity index (χ1) is 11.4. The maximum atomic E-state index is 12.4. The molecule has 0 N–H and O–H groups in total. The number of carbonyl (C=O) groups is 2. The van der Waals surface area contributed by atoms with Gasteiger partial charge in [-0.1, -0.05) is 15.9 Å². The highest BCUT2D eigenvalue weighted by atomic mass is 79.9. The minimum absolute atomic E-state index is 0.172. The van der Waals surface area contributed by atoms with Gasteiger partial charge >= 0.3 is 5.97 Å². The van der Waals surface area contributed by atoms with Crippen LogP contribution >= 0.6 is 15.9 Å². The van der Waals surface area contributed by atoms with Crippen molar-refractivity contribution in [3.8, 4) is 5.75 Å². The SMILES string of the molecule is CC(=O)Oc1ccc(Br)c2c1[C@]13CCN(C)[C@H](C2)[C@@H]1CCC(=O)C3. The van der Waals surface area contributed by atoms with E-state index in [1.165, 1.54) is 12.5 Å². The summed E-state index contributed by atoms with van der Waals surface area (Å²) in [5.74, 6) is 1.16. The van der Waals surface area contributed by atoms with Crippen molar-refractivity contribution in [2.75, 3.05) is 13.6 Å². The van der Waals surface area contributed by atoms with Crippen molar-refractivity contribution < 1.29 is 14.3 Å². The van der Waals surface area contributed by atoms with E-state index in [9.17, 15) is 9.59 Å². The first-order valence-corrected chi connectivity index (χ1v) is 9.44. The van der Waals surface area contributed by atoms with Crippen molar-refractivity contribution in [3.05, 3.63) is 27.7 Å². The van der Waals surface area contributed by atoms with Gasteiger partial charge in [0.2, 0.25) is 0 Å². The van der Waals surface area contributed by atoms with Crippen LogP contribution in [0.2, 0.25) is 0 Å². The van der Waals surface area contributed by atoms with Gasteiger partial charge in [-0.15, -0.1) is 0 Å². The molecule has 1 saturated heterocycles. The molecule has 2 fully saturated rings. The summed E-state index contributed by atoms with van der Waals surface area (Å²) in [6.07, 6.45) is 4.11. The number of Topliss-reactive ketones (excluding diaryl/α,β-unsaturated/α-hetero) is 1. The Morgan fingerprint density at radius 1 is 1.42 bits per heavy atom. The summed E-state index contributed by atoms with van der Waals surface area (Å²) in [7, 11) is 2.19. The quantitative estimate of drug-likeness (QED) is 0.544. The molecule has 1 aliphatic heterocycles. The topological polar surface area (TPSA) is 46.6 Å². The fourth-order valence-electron chi connectivity index (χ4n) is 5.34. The lowest BCUT2D eigenvalue weighted by atomic mass is 9.52. The maximum Gasteiger partial charge on any atom is 0.308 e. The Balaban J connectivity index is 1.95. The van der Waals surface area contributed by atoms with E-state index in [0.29, 0.717) is 36.3 Å². The lowest BCUT2D eigenvalue weighted by Gasteiger charge is -2.58. The summed E-state index contributed by atoms with van der Waals surface area (Å²) in [6.45, 7) is 2.43. The first kappa shape index (κ1) is 16.3. The summed E-state index contributed by atoms with van der Waals surface area (Å²) in [4.78, 5) is 26.5. The molecule has 4 rings (SSSR count). The van der Waals surface area contributed by atoms with Crippen molar-refractivity contribution in [2.24, 2.45) is 5.92 Å². The van der Waals surface area contributed by atoms with E-state index in [1.807, 2.05) is 12.1 Å². The van der Waals surface area contributed by atoms with Gasteiger partial charge in [0.15, 0.2) is 0 Å². The lowest BCUT2D eigenvalue weighted by molar-refractivity contribution is -0.132. The Labute approximate surface area is 150 Å². The predicted molar refractivity (Wildman–Crippen MR) is 94.2 cm³/mol. The maximum absolute atomic E-state index is 12.4. The van der Waals surface area contributed by atoms with Gasteiger partial charge in [-0.2, -0.15) is 0 Å². The summed E-state index contributed by atoms with van der Waals surface area (Å²) >= 11 is 3.70. The number of piperidine rings is 1. The van der Waals surface area contributed by atoms with Gasteiger partial charge in [-0.25, -0.2) is 0 Å². The molecule has 5 heteroatoms. The number of esters is 1. The van der Waals surface area contributed by atoms with Crippen LogP contribution in [0.15, 0.2) is 16.6 Å². The van der Waals surface area contributed by atoms with E-state index < -0.39 is 0 Å². The monoisotopic (exact) mass is 391 g/mol. The van der Waals surface area contributed by atoms with E-state index in [4.69, 9.17) is 4.74 Å². The first-order valence-electron chi connectivity index (χ1n) is 8.64. The van der Waals surface area contributed by atoms with E-state index in [0.717, 1.165) is 35.8 Å². The zero-order valence-electron chi connectivity index (χ0n) is 14.1. The molecule has 1 heterocycles. The number of likely N-dealkylation sites (N-methyl/N-ethyl adjacent to an activating group) is 1. The van der Waals surface area contributed by atoms with Crippen LogP contribution in [0.1, 0.15) is 43.7 Å².